The highest BCUT2D eigenvalue weighted by Gasteiger charge is 2.48. The third kappa shape index (κ3) is 3.18. The first kappa shape index (κ1) is 16.6. The van der Waals surface area contributed by atoms with Crippen LogP contribution in [0.1, 0.15) is 49.6 Å². The number of aliphatic hydroxyl groups is 1. The second-order valence-corrected chi connectivity index (χ2v) is 7.37. The van der Waals surface area contributed by atoms with Crippen LogP contribution in [0.15, 0.2) is 36.7 Å². The quantitative estimate of drug-likeness (QED) is 0.928. The molecular formula is C20H24FN3O. The number of fused-ring (bicyclic) bond motifs is 2. The van der Waals surface area contributed by atoms with Gasteiger partial charge in [-0.3, -0.25) is 4.90 Å². The molecule has 1 aromatic heterocycles. The molecule has 2 aromatic rings. The van der Waals surface area contributed by atoms with Gasteiger partial charge in [-0.05, 0) is 43.4 Å². The molecule has 5 heteroatoms. The molecule has 4 rings (SSSR count). The van der Waals surface area contributed by atoms with Gasteiger partial charge in [-0.25, -0.2) is 14.4 Å². The summed E-state index contributed by atoms with van der Waals surface area (Å²) in [4.78, 5) is 11.3. The molecule has 2 saturated heterocycles. The molecule has 2 aliphatic rings. The zero-order valence-electron chi connectivity index (χ0n) is 14.5. The van der Waals surface area contributed by atoms with Gasteiger partial charge in [-0.1, -0.05) is 19.1 Å². The highest BCUT2D eigenvalue weighted by atomic mass is 19.1. The third-order valence-corrected chi connectivity index (χ3v) is 5.74. The van der Waals surface area contributed by atoms with Gasteiger partial charge in [0, 0.05) is 43.0 Å². The smallest absolute Gasteiger partial charge is 0.127 e. The fourth-order valence-electron chi connectivity index (χ4n) is 4.43. The lowest BCUT2D eigenvalue weighted by Gasteiger charge is -2.44. The summed E-state index contributed by atoms with van der Waals surface area (Å²) in [6, 6.07) is 7.02. The maximum absolute atomic E-state index is 13.2. The minimum Gasteiger partial charge on any atom is -0.385 e. The summed E-state index contributed by atoms with van der Waals surface area (Å²) >= 11 is 0. The number of halogens is 1. The fraction of sp³-hybridized carbons (Fsp3) is 0.500. The van der Waals surface area contributed by atoms with Gasteiger partial charge in [0.15, 0.2) is 0 Å². The van der Waals surface area contributed by atoms with Crippen molar-refractivity contribution in [1.82, 2.24) is 14.9 Å². The van der Waals surface area contributed by atoms with Crippen molar-refractivity contribution < 1.29 is 9.50 Å². The lowest BCUT2D eigenvalue weighted by molar-refractivity contribution is -0.0595. The molecule has 0 radical (unpaired) electrons. The van der Waals surface area contributed by atoms with E-state index < -0.39 is 5.60 Å². The minimum absolute atomic E-state index is 0.261. The van der Waals surface area contributed by atoms with Crippen LogP contribution in [0.5, 0.6) is 0 Å². The molecule has 0 amide bonds. The molecule has 0 saturated carbocycles. The second-order valence-electron chi connectivity index (χ2n) is 7.37. The van der Waals surface area contributed by atoms with Crippen LogP contribution >= 0.6 is 0 Å². The average molecular weight is 341 g/mol. The molecule has 0 spiro atoms. The Bertz CT molecular complexity index is 718. The number of benzene rings is 1. The van der Waals surface area contributed by atoms with Crippen molar-refractivity contribution in [2.75, 3.05) is 0 Å². The summed E-state index contributed by atoms with van der Waals surface area (Å²) in [5.41, 5.74) is 1.11. The van der Waals surface area contributed by atoms with Gasteiger partial charge < -0.3 is 5.11 Å². The van der Waals surface area contributed by atoms with Gasteiger partial charge in [0.05, 0.1) is 5.60 Å². The third-order valence-electron chi connectivity index (χ3n) is 5.74. The minimum atomic E-state index is -0.849. The molecule has 4 nitrogen and oxygen atoms in total. The average Bonchev–Trinajstić information content (AvgIpc) is 2.87. The monoisotopic (exact) mass is 341 g/mol. The zero-order valence-corrected chi connectivity index (χ0v) is 14.5. The highest BCUT2D eigenvalue weighted by Crippen LogP contribution is 2.46. The van der Waals surface area contributed by atoms with Gasteiger partial charge in [0.2, 0.25) is 0 Å². The predicted molar refractivity (Wildman–Crippen MR) is 93.3 cm³/mol. The largest absolute Gasteiger partial charge is 0.385 e. The molecule has 25 heavy (non-hydrogen) atoms. The molecule has 3 heterocycles. The number of hydrogen-bond acceptors (Lipinski definition) is 4. The summed E-state index contributed by atoms with van der Waals surface area (Å²) < 4.78 is 13.2. The van der Waals surface area contributed by atoms with Crippen LogP contribution in [0.2, 0.25) is 0 Å². The van der Waals surface area contributed by atoms with E-state index in [9.17, 15) is 9.50 Å². The van der Waals surface area contributed by atoms with Crippen LogP contribution in [-0.2, 0) is 18.6 Å². The van der Waals surface area contributed by atoms with Crippen molar-refractivity contribution in [3.05, 3.63) is 59.4 Å². The normalized spacial score (nSPS) is 29.1. The maximum Gasteiger partial charge on any atom is 0.127 e. The lowest BCUT2D eigenvalue weighted by atomic mass is 9.80. The van der Waals surface area contributed by atoms with Gasteiger partial charge in [-0.2, -0.15) is 0 Å². The lowest BCUT2D eigenvalue weighted by Crippen LogP contribution is -2.49. The van der Waals surface area contributed by atoms with Crippen molar-refractivity contribution in [3.63, 3.8) is 0 Å². The molecule has 132 valence electrons. The van der Waals surface area contributed by atoms with Crippen molar-refractivity contribution in [3.8, 4) is 0 Å². The van der Waals surface area contributed by atoms with Crippen LogP contribution in [0.3, 0.4) is 0 Å². The zero-order chi connectivity index (χ0) is 17.4. The molecule has 2 fully saturated rings. The first-order valence-corrected chi connectivity index (χ1v) is 9.11. The Labute approximate surface area is 147 Å². The van der Waals surface area contributed by atoms with E-state index in [4.69, 9.17) is 0 Å². The number of rotatable bonds is 4. The van der Waals surface area contributed by atoms with E-state index in [-0.39, 0.29) is 5.82 Å². The topological polar surface area (TPSA) is 49.2 Å². The van der Waals surface area contributed by atoms with Crippen molar-refractivity contribution >= 4 is 0 Å². The molecule has 2 bridgehead atoms. The van der Waals surface area contributed by atoms with E-state index in [2.05, 4.69) is 21.8 Å². The van der Waals surface area contributed by atoms with Crippen molar-refractivity contribution in [1.29, 1.82) is 0 Å². The van der Waals surface area contributed by atoms with Gasteiger partial charge in [0.1, 0.15) is 11.6 Å². The fourth-order valence-corrected chi connectivity index (χ4v) is 4.43. The summed E-state index contributed by atoms with van der Waals surface area (Å²) in [6.45, 7) is 2.88. The molecule has 0 unspecified atom stereocenters. The Kier molecular flexibility index (Phi) is 4.29. The number of piperidine rings is 1. The van der Waals surface area contributed by atoms with Crippen molar-refractivity contribution in [2.24, 2.45) is 0 Å². The Morgan fingerprint density at radius 1 is 1.12 bits per heavy atom. The van der Waals surface area contributed by atoms with Crippen LogP contribution in [0, 0.1) is 5.82 Å². The number of hydrogen-bond donors (Lipinski definition) is 1. The molecule has 0 aliphatic carbocycles. The number of aryl methyl sites for hydroxylation is 1. The number of aromatic nitrogens is 2. The molecule has 2 aliphatic heterocycles. The second kappa shape index (κ2) is 6.46. The van der Waals surface area contributed by atoms with E-state index in [0.717, 1.165) is 42.8 Å². The van der Waals surface area contributed by atoms with Crippen molar-refractivity contribution in [2.45, 2.75) is 63.3 Å². The predicted octanol–water partition coefficient (Wildman–Crippen LogP) is 3.19. The molecular weight excluding hydrogens is 317 g/mol. The Balaban J connectivity index is 1.50. The highest BCUT2D eigenvalue weighted by molar-refractivity contribution is 5.26. The Hall–Kier alpha value is -1.85. The first-order valence-electron chi connectivity index (χ1n) is 9.11. The van der Waals surface area contributed by atoms with Crippen LogP contribution in [-0.4, -0.2) is 32.1 Å². The summed E-state index contributed by atoms with van der Waals surface area (Å²) in [5, 5.41) is 11.2. The van der Waals surface area contributed by atoms with E-state index in [0.29, 0.717) is 24.9 Å². The van der Waals surface area contributed by atoms with E-state index in [1.165, 1.54) is 12.1 Å². The van der Waals surface area contributed by atoms with Gasteiger partial charge >= 0.3 is 0 Å². The molecule has 1 N–H and O–H groups in total. The summed E-state index contributed by atoms with van der Waals surface area (Å²) in [5.74, 6) is 0.610. The van der Waals surface area contributed by atoms with Gasteiger partial charge in [0.25, 0.3) is 0 Å². The van der Waals surface area contributed by atoms with E-state index in [1.807, 2.05) is 12.4 Å². The maximum atomic E-state index is 13.2. The standard InChI is InChI=1S/C20H24FN3O/c1-2-19-22-11-14(12-23-19)13-24-17-7-8-18(24)10-20(25,9-17)15-3-5-16(21)6-4-15/h3-6,11-12,17-18,25H,2,7-10,13H2,1H3/t17-,18-/m1/s1. The van der Waals surface area contributed by atoms with E-state index >= 15 is 0 Å². The number of nitrogens with zero attached hydrogens (tertiary/aromatic N) is 3. The Morgan fingerprint density at radius 3 is 2.28 bits per heavy atom. The Morgan fingerprint density at radius 2 is 1.72 bits per heavy atom. The van der Waals surface area contributed by atoms with Crippen LogP contribution < -0.4 is 0 Å². The first-order chi connectivity index (χ1) is 12.1. The summed E-state index contributed by atoms with van der Waals surface area (Å²) in [6.07, 6.45) is 8.29. The summed E-state index contributed by atoms with van der Waals surface area (Å²) in [7, 11) is 0. The van der Waals surface area contributed by atoms with Crippen LogP contribution in [0.25, 0.3) is 0 Å². The van der Waals surface area contributed by atoms with Crippen LogP contribution in [0.4, 0.5) is 4.39 Å². The SMILES string of the molecule is CCc1ncc(CN2[C@@H]3CC[C@@H]2CC(O)(c2ccc(F)cc2)C3)cn1. The van der Waals surface area contributed by atoms with E-state index in [1.54, 1.807) is 12.1 Å². The van der Waals surface area contributed by atoms with Gasteiger partial charge in [-0.15, -0.1) is 0 Å². The molecule has 2 atom stereocenters. The molecule has 1 aromatic carbocycles.